The summed E-state index contributed by atoms with van der Waals surface area (Å²) in [5.74, 6) is 0.673. The van der Waals surface area contributed by atoms with Crippen molar-refractivity contribution in [2.75, 3.05) is 5.73 Å². The lowest BCUT2D eigenvalue weighted by molar-refractivity contribution is 0.521. The van der Waals surface area contributed by atoms with Crippen LogP contribution in [0.15, 0.2) is 34.9 Å². The number of rotatable bonds is 1. The molecule has 0 saturated heterocycles. The molecular formula is C10H10N2O. The summed E-state index contributed by atoms with van der Waals surface area (Å²) in [7, 11) is 0. The molecule has 1 aromatic heterocycles. The van der Waals surface area contributed by atoms with Gasteiger partial charge in [0.25, 0.3) is 0 Å². The van der Waals surface area contributed by atoms with Gasteiger partial charge < -0.3 is 10.2 Å². The van der Waals surface area contributed by atoms with Crippen molar-refractivity contribution < 1.29 is 4.42 Å². The first-order chi connectivity index (χ1) is 6.25. The Balaban J connectivity index is 2.41. The maximum atomic E-state index is 5.57. The molecule has 1 aromatic carbocycles. The lowest BCUT2D eigenvalue weighted by Crippen LogP contribution is -1.83. The first kappa shape index (κ1) is 7.86. The minimum atomic E-state index is 0.673. The van der Waals surface area contributed by atoms with E-state index in [1.165, 1.54) is 0 Å². The van der Waals surface area contributed by atoms with Crippen molar-refractivity contribution in [3.8, 4) is 11.3 Å². The largest absolute Gasteiger partial charge is 0.449 e. The molecule has 0 saturated carbocycles. The Kier molecular flexibility index (Phi) is 1.77. The molecule has 66 valence electrons. The summed E-state index contributed by atoms with van der Waals surface area (Å²) < 4.78 is 5.11. The Labute approximate surface area is 76.2 Å². The van der Waals surface area contributed by atoms with E-state index >= 15 is 0 Å². The molecule has 0 aliphatic carbocycles. The predicted molar refractivity (Wildman–Crippen MR) is 51.1 cm³/mol. The van der Waals surface area contributed by atoms with Gasteiger partial charge in [-0.15, -0.1) is 0 Å². The molecule has 13 heavy (non-hydrogen) atoms. The van der Waals surface area contributed by atoms with Crippen LogP contribution >= 0.6 is 0 Å². The van der Waals surface area contributed by atoms with Gasteiger partial charge >= 0.3 is 0 Å². The smallest absolute Gasteiger partial charge is 0.191 e. The Bertz CT molecular complexity index is 403. The van der Waals surface area contributed by atoms with Gasteiger partial charge in [0.05, 0.1) is 0 Å². The van der Waals surface area contributed by atoms with Crippen molar-refractivity contribution >= 4 is 5.69 Å². The van der Waals surface area contributed by atoms with E-state index in [1.807, 2.05) is 31.2 Å². The zero-order valence-corrected chi connectivity index (χ0v) is 7.32. The summed E-state index contributed by atoms with van der Waals surface area (Å²) in [5.41, 5.74) is 8.18. The van der Waals surface area contributed by atoms with Gasteiger partial charge in [-0.2, -0.15) is 0 Å². The number of nitrogen functional groups attached to an aromatic ring is 1. The lowest BCUT2D eigenvalue weighted by atomic mass is 10.1. The van der Waals surface area contributed by atoms with Crippen LogP contribution in [0.1, 0.15) is 5.89 Å². The standard InChI is InChI=1S/C10H10N2O/c1-7-12-10(6-13-7)8-2-4-9(11)5-3-8/h2-6H,11H2,1H3. The average molecular weight is 174 g/mol. The molecule has 1 heterocycles. The molecule has 0 bridgehead atoms. The molecule has 0 radical (unpaired) electrons. The van der Waals surface area contributed by atoms with Gasteiger partial charge in [0.15, 0.2) is 5.89 Å². The second kappa shape index (κ2) is 2.94. The summed E-state index contributed by atoms with van der Waals surface area (Å²) in [4.78, 5) is 4.20. The predicted octanol–water partition coefficient (Wildman–Crippen LogP) is 2.23. The SMILES string of the molecule is Cc1nc(-c2ccc(N)cc2)co1. The van der Waals surface area contributed by atoms with Gasteiger partial charge in [-0.05, 0) is 12.1 Å². The fourth-order valence-electron chi connectivity index (χ4n) is 1.15. The number of aryl methyl sites for hydroxylation is 1. The maximum absolute atomic E-state index is 5.57. The third-order valence-electron chi connectivity index (χ3n) is 1.83. The highest BCUT2D eigenvalue weighted by Crippen LogP contribution is 2.19. The second-order valence-electron chi connectivity index (χ2n) is 2.87. The fraction of sp³-hybridized carbons (Fsp3) is 0.100. The van der Waals surface area contributed by atoms with Crippen LogP contribution in [0.2, 0.25) is 0 Å². The zero-order valence-electron chi connectivity index (χ0n) is 7.32. The van der Waals surface area contributed by atoms with Crippen molar-refractivity contribution in [1.29, 1.82) is 0 Å². The van der Waals surface area contributed by atoms with E-state index in [9.17, 15) is 0 Å². The van der Waals surface area contributed by atoms with Crippen LogP contribution in [0.4, 0.5) is 5.69 Å². The van der Waals surface area contributed by atoms with Gasteiger partial charge in [0.2, 0.25) is 0 Å². The highest BCUT2D eigenvalue weighted by molar-refractivity contribution is 5.60. The minimum Gasteiger partial charge on any atom is -0.449 e. The molecule has 3 nitrogen and oxygen atoms in total. The van der Waals surface area contributed by atoms with Crippen molar-refractivity contribution in [2.24, 2.45) is 0 Å². The Morgan fingerprint density at radius 1 is 1.23 bits per heavy atom. The molecule has 2 N–H and O–H groups in total. The lowest BCUT2D eigenvalue weighted by Gasteiger charge is -1.95. The van der Waals surface area contributed by atoms with E-state index < -0.39 is 0 Å². The Morgan fingerprint density at radius 3 is 2.46 bits per heavy atom. The zero-order chi connectivity index (χ0) is 9.26. The normalized spacial score (nSPS) is 10.2. The van der Waals surface area contributed by atoms with Crippen molar-refractivity contribution in [1.82, 2.24) is 4.98 Å². The maximum Gasteiger partial charge on any atom is 0.191 e. The minimum absolute atomic E-state index is 0.673. The Morgan fingerprint density at radius 2 is 1.92 bits per heavy atom. The van der Waals surface area contributed by atoms with Gasteiger partial charge in [-0.1, -0.05) is 12.1 Å². The highest BCUT2D eigenvalue weighted by Gasteiger charge is 2.01. The van der Waals surface area contributed by atoms with Crippen molar-refractivity contribution in [3.63, 3.8) is 0 Å². The first-order valence-electron chi connectivity index (χ1n) is 4.04. The fourth-order valence-corrected chi connectivity index (χ4v) is 1.15. The highest BCUT2D eigenvalue weighted by atomic mass is 16.3. The van der Waals surface area contributed by atoms with E-state index in [0.29, 0.717) is 5.89 Å². The Hall–Kier alpha value is -1.77. The van der Waals surface area contributed by atoms with Gasteiger partial charge in [-0.25, -0.2) is 4.98 Å². The molecule has 0 atom stereocenters. The van der Waals surface area contributed by atoms with Crippen LogP contribution in [0, 0.1) is 6.92 Å². The number of anilines is 1. The molecule has 2 aromatic rings. The van der Waals surface area contributed by atoms with E-state index in [4.69, 9.17) is 10.2 Å². The molecule has 0 fully saturated rings. The van der Waals surface area contributed by atoms with Crippen LogP contribution in [0.25, 0.3) is 11.3 Å². The number of nitrogens with two attached hydrogens (primary N) is 1. The van der Waals surface area contributed by atoms with Crippen LogP contribution in [-0.2, 0) is 0 Å². The van der Waals surface area contributed by atoms with E-state index in [0.717, 1.165) is 16.9 Å². The topological polar surface area (TPSA) is 52.0 Å². The number of nitrogens with zero attached hydrogens (tertiary/aromatic N) is 1. The van der Waals surface area contributed by atoms with Gasteiger partial charge in [0, 0.05) is 18.2 Å². The molecule has 0 aliphatic heterocycles. The molecule has 0 spiro atoms. The summed E-state index contributed by atoms with van der Waals surface area (Å²) in [5, 5.41) is 0. The second-order valence-corrected chi connectivity index (χ2v) is 2.87. The molecular weight excluding hydrogens is 164 g/mol. The van der Waals surface area contributed by atoms with E-state index in [2.05, 4.69) is 4.98 Å². The molecule has 3 heteroatoms. The number of aromatic nitrogens is 1. The van der Waals surface area contributed by atoms with Crippen LogP contribution in [0.3, 0.4) is 0 Å². The summed E-state index contributed by atoms with van der Waals surface area (Å²) >= 11 is 0. The molecule has 0 amide bonds. The first-order valence-corrected chi connectivity index (χ1v) is 4.04. The number of hydrogen-bond donors (Lipinski definition) is 1. The summed E-state index contributed by atoms with van der Waals surface area (Å²) in [6, 6.07) is 7.54. The summed E-state index contributed by atoms with van der Waals surface area (Å²) in [6.07, 6.45) is 1.64. The van der Waals surface area contributed by atoms with Crippen molar-refractivity contribution in [3.05, 3.63) is 36.4 Å². The third-order valence-corrected chi connectivity index (χ3v) is 1.83. The van der Waals surface area contributed by atoms with Crippen molar-refractivity contribution in [2.45, 2.75) is 6.92 Å². The molecule has 2 rings (SSSR count). The van der Waals surface area contributed by atoms with Gasteiger partial charge in [-0.3, -0.25) is 0 Å². The summed E-state index contributed by atoms with van der Waals surface area (Å²) in [6.45, 7) is 1.82. The average Bonchev–Trinajstić information content (AvgIpc) is 2.53. The number of benzene rings is 1. The molecule has 0 unspecified atom stereocenters. The van der Waals surface area contributed by atoms with Crippen LogP contribution < -0.4 is 5.73 Å². The van der Waals surface area contributed by atoms with Gasteiger partial charge in [0.1, 0.15) is 12.0 Å². The number of oxazole rings is 1. The quantitative estimate of drug-likeness (QED) is 0.674. The number of hydrogen-bond acceptors (Lipinski definition) is 3. The van der Waals surface area contributed by atoms with Crippen LogP contribution in [-0.4, -0.2) is 4.98 Å². The van der Waals surface area contributed by atoms with Crippen LogP contribution in [0.5, 0.6) is 0 Å². The van der Waals surface area contributed by atoms with E-state index in [-0.39, 0.29) is 0 Å². The monoisotopic (exact) mass is 174 g/mol. The molecule has 0 aliphatic rings. The van der Waals surface area contributed by atoms with E-state index in [1.54, 1.807) is 6.26 Å². The third kappa shape index (κ3) is 1.54.